The zero-order valence-electron chi connectivity index (χ0n) is 12.8. The Bertz CT molecular complexity index is 495. The number of carbonyl (C=O) groups is 1. The molecule has 1 unspecified atom stereocenters. The molecule has 21 heavy (non-hydrogen) atoms. The predicted octanol–water partition coefficient (Wildman–Crippen LogP) is 2.33. The van der Waals surface area contributed by atoms with Crippen LogP contribution in [0.15, 0.2) is 24.3 Å². The Kier molecular flexibility index (Phi) is 4.44. The van der Waals surface area contributed by atoms with E-state index in [0.29, 0.717) is 11.8 Å². The first kappa shape index (κ1) is 14.4. The Labute approximate surface area is 126 Å². The minimum absolute atomic E-state index is 0.443. The average Bonchev–Trinajstić information content (AvgIpc) is 2.55. The monoisotopic (exact) mass is 288 g/mol. The fourth-order valence-electron chi connectivity index (χ4n) is 3.53. The summed E-state index contributed by atoms with van der Waals surface area (Å²) in [5.74, 6) is 1.39. The van der Waals surface area contributed by atoms with Crippen LogP contribution in [-0.4, -0.2) is 50.0 Å². The van der Waals surface area contributed by atoms with E-state index in [1.165, 1.54) is 12.1 Å². The number of piperazine rings is 1. The topological polar surface area (TPSA) is 32.8 Å². The van der Waals surface area contributed by atoms with Gasteiger partial charge in [-0.15, -0.1) is 0 Å². The average molecular weight is 288 g/mol. The van der Waals surface area contributed by atoms with E-state index in [1.54, 1.807) is 7.11 Å². The van der Waals surface area contributed by atoms with Gasteiger partial charge in [-0.25, -0.2) is 0 Å². The summed E-state index contributed by atoms with van der Waals surface area (Å²) in [6.07, 6.45) is 3.79. The highest BCUT2D eigenvalue weighted by Crippen LogP contribution is 2.29. The van der Waals surface area contributed by atoms with Gasteiger partial charge in [-0.3, -0.25) is 9.69 Å². The van der Waals surface area contributed by atoms with Crippen LogP contribution in [0.25, 0.3) is 0 Å². The third kappa shape index (κ3) is 3.21. The molecule has 1 aromatic carbocycles. The fourth-order valence-corrected chi connectivity index (χ4v) is 3.53. The molecule has 0 N–H and O–H groups in total. The van der Waals surface area contributed by atoms with Crippen molar-refractivity contribution < 1.29 is 9.53 Å². The van der Waals surface area contributed by atoms with Crippen LogP contribution in [0, 0.1) is 0 Å². The van der Waals surface area contributed by atoms with Crippen molar-refractivity contribution in [2.24, 2.45) is 0 Å². The highest BCUT2D eigenvalue weighted by molar-refractivity contribution is 5.79. The van der Waals surface area contributed by atoms with Gasteiger partial charge in [-0.1, -0.05) is 12.1 Å². The summed E-state index contributed by atoms with van der Waals surface area (Å²) in [5.41, 5.74) is 1.18. The van der Waals surface area contributed by atoms with Gasteiger partial charge in [0.15, 0.2) is 0 Å². The Hall–Kier alpha value is -1.55. The summed E-state index contributed by atoms with van der Waals surface area (Å²) in [5, 5.41) is 0. The van der Waals surface area contributed by atoms with Gasteiger partial charge in [0, 0.05) is 45.1 Å². The first-order valence-corrected chi connectivity index (χ1v) is 7.91. The molecule has 0 aromatic heterocycles. The Morgan fingerprint density at radius 2 is 1.90 bits per heavy atom. The summed E-state index contributed by atoms with van der Waals surface area (Å²) in [6, 6.07) is 8.68. The summed E-state index contributed by atoms with van der Waals surface area (Å²) in [7, 11) is 1.72. The quantitative estimate of drug-likeness (QED) is 0.854. The van der Waals surface area contributed by atoms with E-state index in [1.807, 2.05) is 12.1 Å². The van der Waals surface area contributed by atoms with Gasteiger partial charge in [0.25, 0.3) is 0 Å². The second-order valence-electron chi connectivity index (χ2n) is 5.98. The Morgan fingerprint density at radius 1 is 1.14 bits per heavy atom. The van der Waals surface area contributed by atoms with E-state index in [-0.39, 0.29) is 0 Å². The highest BCUT2D eigenvalue weighted by Gasteiger charge is 2.28. The van der Waals surface area contributed by atoms with Crippen LogP contribution in [-0.2, 0) is 4.79 Å². The largest absolute Gasteiger partial charge is 0.495 e. The van der Waals surface area contributed by atoms with E-state index >= 15 is 0 Å². The van der Waals surface area contributed by atoms with Crippen molar-refractivity contribution in [3.8, 4) is 5.75 Å². The van der Waals surface area contributed by atoms with Gasteiger partial charge in [0.1, 0.15) is 11.5 Å². The SMILES string of the molecule is COc1ccccc1N1CCN(C2CCCC(=O)C2)CC1. The van der Waals surface area contributed by atoms with Crippen molar-refractivity contribution in [2.45, 2.75) is 31.7 Å². The van der Waals surface area contributed by atoms with Gasteiger partial charge in [-0.2, -0.15) is 0 Å². The molecule has 0 spiro atoms. The van der Waals surface area contributed by atoms with Crippen molar-refractivity contribution in [2.75, 3.05) is 38.2 Å². The molecule has 0 bridgehead atoms. The maximum atomic E-state index is 11.6. The van der Waals surface area contributed by atoms with Crippen molar-refractivity contribution in [1.82, 2.24) is 4.90 Å². The van der Waals surface area contributed by atoms with E-state index in [9.17, 15) is 4.79 Å². The number of para-hydroxylation sites is 2. The fraction of sp³-hybridized carbons (Fsp3) is 0.588. The first-order valence-electron chi connectivity index (χ1n) is 7.91. The third-order valence-corrected chi connectivity index (χ3v) is 4.71. The number of ether oxygens (including phenoxy) is 1. The molecule has 0 amide bonds. The zero-order valence-corrected chi connectivity index (χ0v) is 12.8. The number of hydrogen-bond acceptors (Lipinski definition) is 4. The molecular formula is C17H24N2O2. The van der Waals surface area contributed by atoms with Crippen LogP contribution >= 0.6 is 0 Å². The first-order chi connectivity index (χ1) is 10.3. The van der Waals surface area contributed by atoms with Crippen molar-refractivity contribution in [3.05, 3.63) is 24.3 Å². The van der Waals surface area contributed by atoms with Gasteiger partial charge >= 0.3 is 0 Å². The van der Waals surface area contributed by atoms with Crippen LogP contribution in [0.4, 0.5) is 5.69 Å². The minimum Gasteiger partial charge on any atom is -0.495 e. The molecule has 1 atom stereocenters. The molecule has 0 radical (unpaired) electrons. The van der Waals surface area contributed by atoms with Crippen LogP contribution in [0.5, 0.6) is 5.75 Å². The number of Topliss-reactive ketones (excluding diaryl/α,β-unsaturated/α-hetero) is 1. The summed E-state index contributed by atoms with van der Waals surface area (Å²) < 4.78 is 5.46. The van der Waals surface area contributed by atoms with Crippen molar-refractivity contribution >= 4 is 11.5 Å². The standard InChI is InChI=1S/C17H24N2O2/c1-21-17-8-3-2-7-16(17)19-11-9-18(10-12-19)14-5-4-6-15(20)13-14/h2-3,7-8,14H,4-6,9-13H2,1H3. The molecule has 2 fully saturated rings. The number of benzene rings is 1. The molecule has 3 rings (SSSR count). The van der Waals surface area contributed by atoms with Gasteiger partial charge in [0.2, 0.25) is 0 Å². The molecule has 4 nitrogen and oxygen atoms in total. The third-order valence-electron chi connectivity index (χ3n) is 4.71. The van der Waals surface area contributed by atoms with Crippen molar-refractivity contribution in [3.63, 3.8) is 0 Å². The highest BCUT2D eigenvalue weighted by atomic mass is 16.5. The summed E-state index contributed by atoms with van der Waals surface area (Å²) >= 11 is 0. The lowest BCUT2D eigenvalue weighted by Gasteiger charge is -2.41. The number of anilines is 1. The van der Waals surface area contributed by atoms with Crippen molar-refractivity contribution in [1.29, 1.82) is 0 Å². The molecule has 2 aliphatic rings. The zero-order chi connectivity index (χ0) is 14.7. The van der Waals surface area contributed by atoms with Crippen LogP contribution in [0.2, 0.25) is 0 Å². The van der Waals surface area contributed by atoms with Crippen LogP contribution < -0.4 is 9.64 Å². The van der Waals surface area contributed by atoms with E-state index in [0.717, 1.165) is 51.2 Å². The molecule has 1 aliphatic heterocycles. The lowest BCUT2D eigenvalue weighted by atomic mass is 9.92. The van der Waals surface area contributed by atoms with E-state index < -0.39 is 0 Å². The van der Waals surface area contributed by atoms with E-state index in [2.05, 4.69) is 21.9 Å². The normalized spacial score (nSPS) is 24.1. The number of carbonyl (C=O) groups excluding carboxylic acids is 1. The Morgan fingerprint density at radius 3 is 2.62 bits per heavy atom. The lowest BCUT2D eigenvalue weighted by molar-refractivity contribution is -0.122. The second kappa shape index (κ2) is 6.48. The molecule has 1 heterocycles. The number of methoxy groups -OCH3 is 1. The van der Waals surface area contributed by atoms with Crippen LogP contribution in [0.3, 0.4) is 0 Å². The summed E-state index contributed by atoms with van der Waals surface area (Å²) in [6.45, 7) is 4.09. The summed E-state index contributed by atoms with van der Waals surface area (Å²) in [4.78, 5) is 16.5. The van der Waals surface area contributed by atoms with E-state index in [4.69, 9.17) is 4.74 Å². The van der Waals surface area contributed by atoms with Crippen LogP contribution in [0.1, 0.15) is 25.7 Å². The van der Waals surface area contributed by atoms with Gasteiger partial charge in [-0.05, 0) is 25.0 Å². The molecular weight excluding hydrogens is 264 g/mol. The van der Waals surface area contributed by atoms with Gasteiger partial charge < -0.3 is 9.64 Å². The molecule has 1 aliphatic carbocycles. The lowest BCUT2D eigenvalue weighted by Crippen LogP contribution is -2.51. The maximum absolute atomic E-state index is 11.6. The number of ketones is 1. The smallest absolute Gasteiger partial charge is 0.142 e. The molecule has 114 valence electrons. The molecule has 1 aromatic rings. The molecule has 1 saturated heterocycles. The number of hydrogen-bond donors (Lipinski definition) is 0. The maximum Gasteiger partial charge on any atom is 0.142 e. The van der Waals surface area contributed by atoms with Gasteiger partial charge in [0.05, 0.1) is 12.8 Å². The molecule has 4 heteroatoms. The minimum atomic E-state index is 0.443. The number of nitrogens with zero attached hydrogens (tertiary/aromatic N) is 2. The second-order valence-corrected chi connectivity index (χ2v) is 5.98. The predicted molar refractivity (Wildman–Crippen MR) is 84.0 cm³/mol. The number of rotatable bonds is 3. The molecule has 1 saturated carbocycles. The Balaban J connectivity index is 1.61.